The third kappa shape index (κ3) is 4.35. The van der Waals surface area contributed by atoms with Crippen molar-refractivity contribution in [1.82, 2.24) is 14.9 Å². The van der Waals surface area contributed by atoms with E-state index in [0.717, 1.165) is 28.4 Å². The van der Waals surface area contributed by atoms with Crippen LogP contribution in [0.1, 0.15) is 47.3 Å². The zero-order valence-corrected chi connectivity index (χ0v) is 13.9. The van der Waals surface area contributed by atoms with Crippen molar-refractivity contribution in [3.63, 3.8) is 0 Å². The zero-order valence-electron chi connectivity index (χ0n) is 13.1. The van der Waals surface area contributed by atoms with E-state index >= 15 is 0 Å². The maximum absolute atomic E-state index is 12.2. The van der Waals surface area contributed by atoms with Crippen LogP contribution in [-0.2, 0) is 24.3 Å². The molecule has 0 bridgehead atoms. The first-order chi connectivity index (χ1) is 10.6. The number of rotatable bonds is 7. The predicted molar refractivity (Wildman–Crippen MR) is 86.8 cm³/mol. The summed E-state index contributed by atoms with van der Waals surface area (Å²) < 4.78 is 9.50. The number of nitrogens with one attached hydrogen (secondary N) is 1. The van der Waals surface area contributed by atoms with E-state index in [9.17, 15) is 4.79 Å². The summed E-state index contributed by atoms with van der Waals surface area (Å²) in [6.45, 7) is 7.00. The van der Waals surface area contributed by atoms with Crippen LogP contribution in [0.5, 0.6) is 0 Å². The van der Waals surface area contributed by atoms with E-state index in [1.165, 1.54) is 0 Å². The fourth-order valence-electron chi connectivity index (χ4n) is 2.00. The van der Waals surface area contributed by atoms with Crippen LogP contribution in [0, 0.1) is 0 Å². The Kier molecular flexibility index (Phi) is 6.03. The van der Waals surface area contributed by atoms with Gasteiger partial charge in [-0.15, -0.1) is 5.10 Å². The van der Waals surface area contributed by atoms with Crippen molar-refractivity contribution in [3.8, 4) is 0 Å². The number of benzene rings is 1. The molecule has 5 nitrogen and oxygen atoms in total. The van der Waals surface area contributed by atoms with Gasteiger partial charge in [-0.2, -0.15) is 0 Å². The largest absolute Gasteiger partial charge is 0.374 e. The molecule has 2 aromatic rings. The molecule has 0 saturated heterocycles. The molecule has 0 aliphatic heterocycles. The summed E-state index contributed by atoms with van der Waals surface area (Å²) in [4.78, 5) is 12.8. The number of aromatic nitrogens is 2. The molecule has 118 valence electrons. The second-order valence-corrected chi connectivity index (χ2v) is 5.97. The van der Waals surface area contributed by atoms with Gasteiger partial charge in [-0.3, -0.25) is 4.79 Å². The molecule has 0 spiro atoms. The lowest BCUT2D eigenvalue weighted by Gasteiger charge is -2.12. The molecular weight excluding hydrogens is 298 g/mol. The highest BCUT2D eigenvalue weighted by molar-refractivity contribution is 7.08. The molecule has 0 aliphatic rings. The highest BCUT2D eigenvalue weighted by Crippen LogP contribution is 2.14. The molecule has 0 unspecified atom stereocenters. The van der Waals surface area contributed by atoms with E-state index in [4.69, 9.17) is 4.74 Å². The third-order valence-corrected chi connectivity index (χ3v) is 3.99. The van der Waals surface area contributed by atoms with Crippen molar-refractivity contribution >= 4 is 17.4 Å². The van der Waals surface area contributed by atoms with Crippen LogP contribution in [0.2, 0.25) is 0 Å². The Bertz CT molecular complexity index is 625. The number of carbonyl (C=O) groups is 1. The second-order valence-electron chi connectivity index (χ2n) is 5.21. The van der Waals surface area contributed by atoms with Gasteiger partial charge in [0, 0.05) is 6.54 Å². The smallest absolute Gasteiger partial charge is 0.265 e. The summed E-state index contributed by atoms with van der Waals surface area (Å²) >= 11 is 1.14. The fourth-order valence-corrected chi connectivity index (χ4v) is 2.66. The predicted octanol–water partition coefficient (Wildman–Crippen LogP) is 2.96. The van der Waals surface area contributed by atoms with Gasteiger partial charge in [-0.25, -0.2) is 0 Å². The van der Waals surface area contributed by atoms with E-state index in [1.54, 1.807) is 0 Å². The van der Waals surface area contributed by atoms with E-state index < -0.39 is 0 Å². The standard InChI is InChI=1S/C16H21N3O2S/c1-4-14-15(22-19-18-14)16(20)17-9-12-7-5-6-8-13(12)10-21-11(2)3/h5-8,11H,4,9-10H2,1-3H3,(H,17,20). The Balaban J connectivity index is 2.01. The first-order valence-electron chi connectivity index (χ1n) is 7.39. The normalized spacial score (nSPS) is 10.9. The molecule has 22 heavy (non-hydrogen) atoms. The molecule has 1 amide bonds. The summed E-state index contributed by atoms with van der Waals surface area (Å²) in [5, 5.41) is 6.90. The average Bonchev–Trinajstić information content (AvgIpc) is 3.00. The van der Waals surface area contributed by atoms with Crippen molar-refractivity contribution in [2.45, 2.75) is 46.4 Å². The summed E-state index contributed by atoms with van der Waals surface area (Å²) in [7, 11) is 0. The van der Waals surface area contributed by atoms with E-state index in [0.29, 0.717) is 24.4 Å². The van der Waals surface area contributed by atoms with Gasteiger partial charge in [-0.1, -0.05) is 35.7 Å². The Morgan fingerprint density at radius 3 is 2.73 bits per heavy atom. The molecule has 2 rings (SSSR count). The number of amides is 1. The Morgan fingerprint density at radius 2 is 2.05 bits per heavy atom. The minimum absolute atomic E-state index is 0.119. The number of aryl methyl sites for hydroxylation is 1. The number of hydrogen-bond acceptors (Lipinski definition) is 5. The quantitative estimate of drug-likeness (QED) is 0.852. The highest BCUT2D eigenvalue weighted by atomic mass is 32.1. The van der Waals surface area contributed by atoms with Gasteiger partial charge < -0.3 is 10.1 Å². The fraction of sp³-hybridized carbons (Fsp3) is 0.438. The van der Waals surface area contributed by atoms with Gasteiger partial charge >= 0.3 is 0 Å². The molecule has 0 aliphatic carbocycles. The van der Waals surface area contributed by atoms with Gasteiger partial charge in [0.15, 0.2) is 0 Å². The van der Waals surface area contributed by atoms with Crippen LogP contribution in [0.15, 0.2) is 24.3 Å². The molecule has 0 saturated carbocycles. The maximum atomic E-state index is 12.2. The van der Waals surface area contributed by atoms with Crippen LogP contribution >= 0.6 is 11.5 Å². The molecule has 1 aromatic carbocycles. The minimum atomic E-state index is -0.119. The van der Waals surface area contributed by atoms with Crippen molar-refractivity contribution in [2.75, 3.05) is 0 Å². The number of carbonyl (C=O) groups excluding carboxylic acids is 1. The lowest BCUT2D eigenvalue weighted by Crippen LogP contribution is -2.23. The summed E-state index contributed by atoms with van der Waals surface area (Å²) in [6.07, 6.45) is 0.885. The lowest BCUT2D eigenvalue weighted by atomic mass is 10.1. The molecule has 0 fully saturated rings. The Labute approximate surface area is 134 Å². The van der Waals surface area contributed by atoms with Gasteiger partial charge in [0.25, 0.3) is 5.91 Å². The van der Waals surface area contributed by atoms with Crippen molar-refractivity contribution in [1.29, 1.82) is 0 Å². The molecule has 1 heterocycles. The van der Waals surface area contributed by atoms with E-state index in [1.807, 2.05) is 45.0 Å². The second kappa shape index (κ2) is 8.00. The third-order valence-electron chi connectivity index (χ3n) is 3.23. The highest BCUT2D eigenvalue weighted by Gasteiger charge is 2.15. The molecule has 1 N–H and O–H groups in total. The summed E-state index contributed by atoms with van der Waals surface area (Å²) in [5.41, 5.74) is 2.90. The van der Waals surface area contributed by atoms with Crippen molar-refractivity contribution in [2.24, 2.45) is 0 Å². The molecule has 1 aromatic heterocycles. The maximum Gasteiger partial charge on any atom is 0.265 e. The molecule has 0 radical (unpaired) electrons. The first kappa shape index (κ1) is 16.6. The van der Waals surface area contributed by atoms with Crippen LogP contribution < -0.4 is 5.32 Å². The SMILES string of the molecule is CCc1nnsc1C(=O)NCc1ccccc1COC(C)C. The summed E-state index contributed by atoms with van der Waals surface area (Å²) in [6, 6.07) is 7.97. The van der Waals surface area contributed by atoms with Gasteiger partial charge in [-0.05, 0) is 42.9 Å². The van der Waals surface area contributed by atoms with Crippen LogP contribution in [0.3, 0.4) is 0 Å². The zero-order chi connectivity index (χ0) is 15.9. The van der Waals surface area contributed by atoms with Crippen LogP contribution in [0.25, 0.3) is 0 Å². The molecule has 0 atom stereocenters. The number of nitrogens with zero attached hydrogens (tertiary/aromatic N) is 2. The molecule has 6 heteroatoms. The van der Waals surface area contributed by atoms with Gasteiger partial charge in [0.1, 0.15) is 4.88 Å². The van der Waals surface area contributed by atoms with Crippen molar-refractivity contribution < 1.29 is 9.53 Å². The topological polar surface area (TPSA) is 64.1 Å². The van der Waals surface area contributed by atoms with Crippen molar-refractivity contribution in [3.05, 3.63) is 46.0 Å². The average molecular weight is 319 g/mol. The summed E-state index contributed by atoms with van der Waals surface area (Å²) in [5.74, 6) is -0.119. The number of hydrogen-bond donors (Lipinski definition) is 1. The van der Waals surface area contributed by atoms with Crippen LogP contribution in [0.4, 0.5) is 0 Å². The Morgan fingerprint density at radius 1 is 1.32 bits per heavy atom. The number of ether oxygens (including phenoxy) is 1. The molecular formula is C16H21N3O2S. The Hall–Kier alpha value is -1.79. The van der Waals surface area contributed by atoms with E-state index in [-0.39, 0.29) is 12.0 Å². The van der Waals surface area contributed by atoms with E-state index in [2.05, 4.69) is 14.9 Å². The van der Waals surface area contributed by atoms with Crippen LogP contribution in [-0.4, -0.2) is 21.6 Å². The lowest BCUT2D eigenvalue weighted by molar-refractivity contribution is 0.0651. The van der Waals surface area contributed by atoms with Gasteiger partial charge in [0.2, 0.25) is 0 Å². The first-order valence-corrected chi connectivity index (χ1v) is 8.17. The minimum Gasteiger partial charge on any atom is -0.374 e. The monoisotopic (exact) mass is 319 g/mol. The van der Waals surface area contributed by atoms with Gasteiger partial charge in [0.05, 0.1) is 18.4 Å².